The second-order valence-electron chi connectivity index (χ2n) is 33.2. The molecule has 0 radical (unpaired) electrons. The monoisotopic (exact) mass is 1430 g/mol. The number of hydrogen-bond acceptors (Lipinski definition) is 11. The Morgan fingerprint density at radius 3 is 1.15 bits per heavy atom. The third-order valence-corrected chi connectivity index (χ3v) is 22.0. The zero-order valence-corrected chi connectivity index (χ0v) is 68.8. The number of aliphatic hydroxyl groups excluding tert-OH is 2. The number of halogens is 1. The summed E-state index contributed by atoms with van der Waals surface area (Å²) in [7, 11) is 0. The van der Waals surface area contributed by atoms with Crippen molar-refractivity contribution in [3.8, 4) is 11.5 Å². The van der Waals surface area contributed by atoms with Crippen molar-refractivity contribution in [2.24, 2.45) is 5.92 Å². The van der Waals surface area contributed by atoms with Crippen LogP contribution >= 0.6 is 0 Å². The minimum atomic E-state index is -0.409. The second kappa shape index (κ2) is 40.2. The van der Waals surface area contributed by atoms with Crippen LogP contribution in [-0.4, -0.2) is 133 Å². The lowest BCUT2D eigenvalue weighted by molar-refractivity contribution is 0.0740. The molecule has 2 N–H and O–H groups in total. The molecule has 574 valence electrons. The van der Waals surface area contributed by atoms with E-state index in [1.165, 1.54) is 110 Å². The SMILES string of the molecule is CC(C)COc1ccc2c(c1)C(O)CN(C(C)C)C2.CC(C)N1CCc2cc(F)ccc2C1.CCOc1ccc2c(c1)CN(C(C)C)C2.Cc1ccc2c(c1)C(O)CN(C(C)C)C2.Cc1ccc2c(c1)CCCN(C(C)C)C2.Cc1ccc2c(c1)CN(C(C)C)C2.Cc1ccc2c(c1)CN(C(C)C)CC2. The fourth-order valence-corrected chi connectivity index (χ4v) is 15.0. The summed E-state index contributed by atoms with van der Waals surface area (Å²) >= 11 is 0. The lowest BCUT2D eigenvalue weighted by Gasteiger charge is -2.35. The Hall–Kier alpha value is -6.29. The van der Waals surface area contributed by atoms with Crippen molar-refractivity contribution >= 4 is 0 Å². The highest BCUT2D eigenvalue weighted by Crippen LogP contribution is 2.34. The lowest BCUT2D eigenvalue weighted by atomic mass is 9.95. The van der Waals surface area contributed by atoms with Crippen LogP contribution in [0.25, 0.3) is 0 Å². The van der Waals surface area contributed by atoms with Crippen molar-refractivity contribution in [1.82, 2.24) is 34.3 Å². The van der Waals surface area contributed by atoms with E-state index in [9.17, 15) is 14.6 Å². The predicted octanol–water partition coefficient (Wildman–Crippen LogP) is 19.3. The molecule has 7 aliphatic rings. The quantitative estimate of drug-likeness (QED) is 0.123. The molecular weight excluding hydrogens is 1300 g/mol. The number of nitrogens with zero attached hydrogens (tertiary/aromatic N) is 7. The van der Waals surface area contributed by atoms with Crippen molar-refractivity contribution in [3.63, 3.8) is 0 Å². The number of β-amino-alcohol motifs (C(OH)–C–C–N with tert-alkyl or cyclic N) is 2. The summed E-state index contributed by atoms with van der Waals surface area (Å²) in [5.41, 5.74) is 24.6. The van der Waals surface area contributed by atoms with E-state index in [1.807, 2.05) is 25.1 Å². The highest BCUT2D eigenvalue weighted by Gasteiger charge is 2.29. The molecular formula is C93H136FN7O4. The van der Waals surface area contributed by atoms with Crippen LogP contribution in [0.4, 0.5) is 4.39 Å². The van der Waals surface area contributed by atoms with Crippen LogP contribution in [0.1, 0.15) is 236 Å². The summed E-state index contributed by atoms with van der Waals surface area (Å²) in [6.45, 7) is 62.1. The van der Waals surface area contributed by atoms with Gasteiger partial charge in [0.2, 0.25) is 0 Å². The van der Waals surface area contributed by atoms with Gasteiger partial charge in [0.1, 0.15) is 17.3 Å². The molecule has 7 aliphatic heterocycles. The van der Waals surface area contributed by atoms with Gasteiger partial charge in [-0.2, -0.15) is 0 Å². The van der Waals surface area contributed by atoms with E-state index in [0.29, 0.717) is 61.4 Å². The molecule has 0 fully saturated rings. The van der Waals surface area contributed by atoms with Gasteiger partial charge in [-0.25, -0.2) is 4.39 Å². The number of benzene rings is 7. The topological polar surface area (TPSA) is 81.6 Å². The summed E-state index contributed by atoms with van der Waals surface area (Å²) in [6.07, 6.45) is 4.01. The normalized spacial score (nSPS) is 18.1. The number of rotatable bonds is 12. The Morgan fingerprint density at radius 1 is 0.333 bits per heavy atom. The van der Waals surface area contributed by atoms with Crippen molar-refractivity contribution in [3.05, 3.63) is 233 Å². The van der Waals surface area contributed by atoms with E-state index >= 15 is 0 Å². The Morgan fingerprint density at radius 2 is 0.667 bits per heavy atom. The van der Waals surface area contributed by atoms with Crippen molar-refractivity contribution in [1.29, 1.82) is 0 Å². The van der Waals surface area contributed by atoms with Crippen LogP contribution < -0.4 is 9.47 Å². The van der Waals surface area contributed by atoms with Crippen molar-refractivity contribution < 1.29 is 24.1 Å². The first-order valence-electron chi connectivity index (χ1n) is 40.1. The Bertz CT molecular complexity index is 3830. The zero-order valence-electron chi connectivity index (χ0n) is 68.8. The Balaban J connectivity index is 0.000000155. The van der Waals surface area contributed by atoms with Crippen LogP contribution in [0.15, 0.2) is 127 Å². The molecule has 0 aromatic heterocycles. The van der Waals surface area contributed by atoms with Gasteiger partial charge < -0.3 is 19.7 Å². The maximum absolute atomic E-state index is 12.9. The average Bonchev–Trinajstić information content (AvgIpc) is 1.46. The molecule has 0 spiro atoms. The van der Waals surface area contributed by atoms with Gasteiger partial charge in [-0.3, -0.25) is 34.3 Å². The third-order valence-electron chi connectivity index (χ3n) is 22.0. The van der Waals surface area contributed by atoms with Crippen LogP contribution in [0, 0.1) is 39.4 Å². The van der Waals surface area contributed by atoms with Gasteiger partial charge in [-0.15, -0.1) is 0 Å². The number of aliphatic hydroxyl groups is 2. The van der Waals surface area contributed by atoms with Gasteiger partial charge in [0.05, 0.1) is 25.4 Å². The van der Waals surface area contributed by atoms with E-state index in [4.69, 9.17) is 9.47 Å². The molecule has 2 atom stereocenters. The highest BCUT2D eigenvalue weighted by molar-refractivity contribution is 5.41. The third kappa shape index (κ3) is 25.1. The minimum absolute atomic E-state index is 0.109. The van der Waals surface area contributed by atoms with E-state index in [1.54, 1.807) is 23.3 Å². The second-order valence-corrected chi connectivity index (χ2v) is 33.2. The van der Waals surface area contributed by atoms with Gasteiger partial charge in [0.25, 0.3) is 0 Å². The maximum Gasteiger partial charge on any atom is 0.123 e. The Labute approximate surface area is 636 Å². The van der Waals surface area contributed by atoms with E-state index < -0.39 is 6.10 Å². The molecule has 0 saturated heterocycles. The van der Waals surface area contributed by atoms with E-state index in [2.05, 4.69) is 270 Å². The zero-order chi connectivity index (χ0) is 76.3. The van der Waals surface area contributed by atoms with Crippen LogP contribution in [0.5, 0.6) is 11.5 Å². The largest absolute Gasteiger partial charge is 0.494 e. The van der Waals surface area contributed by atoms with Gasteiger partial charge in [-0.1, -0.05) is 127 Å². The van der Waals surface area contributed by atoms with Gasteiger partial charge in [0.15, 0.2) is 0 Å². The molecule has 7 aromatic rings. The number of hydrogen-bond donors (Lipinski definition) is 2. The molecule has 7 heterocycles. The summed E-state index contributed by atoms with van der Waals surface area (Å²) in [5, 5.41) is 20.3. The number of ether oxygens (including phenoxy) is 2. The van der Waals surface area contributed by atoms with Crippen LogP contribution in [0.3, 0.4) is 0 Å². The lowest BCUT2D eigenvalue weighted by Crippen LogP contribution is -2.38. The van der Waals surface area contributed by atoms with Crippen LogP contribution in [0.2, 0.25) is 0 Å². The fraction of sp³-hybridized carbons (Fsp3) is 0.548. The molecule has 14 rings (SSSR count). The maximum atomic E-state index is 12.9. The van der Waals surface area contributed by atoms with Gasteiger partial charge in [0, 0.05) is 127 Å². The number of fused-ring (bicyclic) bond motifs is 7. The predicted molar refractivity (Wildman–Crippen MR) is 438 cm³/mol. The molecule has 0 saturated carbocycles. The minimum Gasteiger partial charge on any atom is -0.494 e. The highest BCUT2D eigenvalue weighted by atomic mass is 19.1. The van der Waals surface area contributed by atoms with E-state index in [-0.39, 0.29) is 11.9 Å². The first-order valence-corrected chi connectivity index (χ1v) is 40.1. The summed E-state index contributed by atoms with van der Waals surface area (Å²) in [5.74, 6) is 2.27. The molecule has 0 amide bonds. The molecule has 7 aromatic carbocycles. The molecule has 12 heteroatoms. The number of aryl methyl sites for hydroxylation is 5. The summed E-state index contributed by atoms with van der Waals surface area (Å²) < 4.78 is 24.2. The molecule has 105 heavy (non-hydrogen) atoms. The summed E-state index contributed by atoms with van der Waals surface area (Å²) in [4.78, 5) is 17.1. The molecule has 0 aliphatic carbocycles. The summed E-state index contributed by atoms with van der Waals surface area (Å²) in [6, 6.07) is 48.8. The Kier molecular flexibility index (Phi) is 32.3. The first kappa shape index (κ1) is 84.3. The first-order chi connectivity index (χ1) is 49.9. The standard InChI is InChI=1S/C16H25NO2.C14H21N.2C13H19NO.C13H19N.C12H16FN.C12H17N/c1-11(2)10-19-14-6-5-13-8-17(12(3)4)9-16(18)15(13)7-14;1-11(2)15-8-4-5-13-9-12(3)6-7-14(13)10-15;1-9(2)14-7-11-5-4-10(3)6-12(11)13(15)8-14;1-4-15-13-6-5-11-8-14(10(2)3)9-12(11)7-13;1-10(2)14-7-6-12-5-4-11(3)8-13(12)9-14;1-9(2)14-6-5-10-7-12(13)4-3-11(10)8-14;1-9(2)13-7-11-5-4-10(3)6-12(11)8-13/h5-7,11-12,16,18H,8-10H2,1-4H3;6-7,9,11H,4-5,8,10H2,1-3H3;4-6,9,13,15H,7-8H2,1-3H3;5-7,10H,4,8-9H2,1-3H3;4-5,8,10H,6-7,9H2,1-3H3;3-4,7,9H,5-6,8H2,1-2H3;4-6,9H,7-8H2,1-3H3. The average molecular weight is 1440 g/mol. The van der Waals surface area contributed by atoms with Crippen molar-refractivity contribution in [2.45, 2.75) is 284 Å². The molecule has 2 unspecified atom stereocenters. The molecule has 11 nitrogen and oxygen atoms in total. The van der Waals surface area contributed by atoms with Gasteiger partial charge >= 0.3 is 0 Å². The van der Waals surface area contributed by atoms with Crippen molar-refractivity contribution in [2.75, 3.05) is 45.9 Å². The molecule has 0 bridgehead atoms. The smallest absolute Gasteiger partial charge is 0.123 e. The van der Waals surface area contributed by atoms with E-state index in [0.717, 1.165) is 108 Å². The van der Waals surface area contributed by atoms with Gasteiger partial charge in [-0.05, 0) is 284 Å². The van der Waals surface area contributed by atoms with Crippen LogP contribution in [-0.2, 0) is 78.2 Å². The fourth-order valence-electron chi connectivity index (χ4n) is 15.0.